The lowest BCUT2D eigenvalue weighted by molar-refractivity contribution is -0.166. The Bertz CT molecular complexity index is 319. The van der Waals surface area contributed by atoms with Crippen LogP contribution in [0.1, 0.15) is 32.6 Å². The molecule has 1 aliphatic carbocycles. The van der Waals surface area contributed by atoms with E-state index in [1.54, 1.807) is 0 Å². The Balaban J connectivity index is 1.93. The number of nitrogens with one attached hydrogen (secondary N) is 1. The fourth-order valence-electron chi connectivity index (χ4n) is 2.99. The molecule has 0 aromatic carbocycles. The summed E-state index contributed by atoms with van der Waals surface area (Å²) in [5.41, 5.74) is 5.27. The second kappa shape index (κ2) is 5.04. The lowest BCUT2D eigenvalue weighted by atomic mass is 9.74. The zero-order valence-corrected chi connectivity index (χ0v) is 10.1. The van der Waals surface area contributed by atoms with Gasteiger partial charge in [-0.25, -0.2) is 0 Å². The van der Waals surface area contributed by atoms with Gasteiger partial charge in [-0.05, 0) is 24.7 Å². The van der Waals surface area contributed by atoms with Crippen molar-refractivity contribution in [3.63, 3.8) is 0 Å². The summed E-state index contributed by atoms with van der Waals surface area (Å²) < 4.78 is 5.38. The molecule has 96 valence electrons. The van der Waals surface area contributed by atoms with Crippen molar-refractivity contribution in [3.05, 3.63) is 0 Å². The van der Waals surface area contributed by atoms with E-state index in [9.17, 15) is 9.59 Å². The summed E-state index contributed by atoms with van der Waals surface area (Å²) >= 11 is 0. The van der Waals surface area contributed by atoms with Gasteiger partial charge >= 0.3 is 5.97 Å². The van der Waals surface area contributed by atoms with Crippen LogP contribution in [0.4, 0.5) is 0 Å². The average molecular weight is 240 g/mol. The third-order valence-electron chi connectivity index (χ3n) is 3.90. The molecule has 2 fully saturated rings. The van der Waals surface area contributed by atoms with Crippen LogP contribution in [0, 0.1) is 11.8 Å². The summed E-state index contributed by atoms with van der Waals surface area (Å²) in [5, 5.41) is 2.88. The van der Waals surface area contributed by atoms with E-state index >= 15 is 0 Å². The quantitative estimate of drug-likeness (QED) is 0.675. The number of nitrogens with two attached hydrogens (primary N) is 1. The minimum atomic E-state index is -0.136. The molecule has 2 rings (SSSR count). The van der Waals surface area contributed by atoms with Gasteiger partial charge in [0.2, 0.25) is 5.91 Å². The molecule has 1 heterocycles. The van der Waals surface area contributed by atoms with Gasteiger partial charge in [-0.3, -0.25) is 9.59 Å². The summed E-state index contributed by atoms with van der Waals surface area (Å²) in [4.78, 5) is 22.6. The van der Waals surface area contributed by atoms with Crippen molar-refractivity contribution in [3.8, 4) is 0 Å². The Labute approximate surface area is 101 Å². The third-order valence-corrected chi connectivity index (χ3v) is 3.90. The lowest BCUT2D eigenvalue weighted by Gasteiger charge is -2.41. The molecule has 5 heteroatoms. The molecule has 1 amide bonds. The van der Waals surface area contributed by atoms with Crippen molar-refractivity contribution < 1.29 is 14.3 Å². The van der Waals surface area contributed by atoms with E-state index in [2.05, 4.69) is 12.2 Å². The fourth-order valence-corrected chi connectivity index (χ4v) is 2.99. The average Bonchev–Trinajstić information content (AvgIpc) is 2.28. The van der Waals surface area contributed by atoms with Gasteiger partial charge in [0.15, 0.2) is 0 Å². The van der Waals surface area contributed by atoms with Gasteiger partial charge in [-0.15, -0.1) is 0 Å². The van der Waals surface area contributed by atoms with Crippen molar-refractivity contribution >= 4 is 11.9 Å². The van der Waals surface area contributed by atoms with Crippen molar-refractivity contribution in [2.24, 2.45) is 17.6 Å². The second-order valence-electron chi connectivity index (χ2n) is 5.16. The SMILES string of the molecule is CC1CC(=O)OC2CC(NC(=O)CN)CCC12. The molecule has 4 unspecified atom stereocenters. The first-order valence-electron chi connectivity index (χ1n) is 6.29. The highest BCUT2D eigenvalue weighted by molar-refractivity contribution is 5.78. The van der Waals surface area contributed by atoms with Crippen LogP contribution in [0.3, 0.4) is 0 Å². The molecule has 1 saturated heterocycles. The van der Waals surface area contributed by atoms with Crippen molar-refractivity contribution in [1.29, 1.82) is 0 Å². The van der Waals surface area contributed by atoms with Crippen molar-refractivity contribution in [1.82, 2.24) is 5.32 Å². The number of hydrogen-bond donors (Lipinski definition) is 2. The standard InChI is InChI=1S/C12H20N2O3/c1-7-4-12(16)17-10-5-8(2-3-9(7)10)14-11(15)6-13/h7-10H,2-6,13H2,1H3,(H,14,15). The molecular weight excluding hydrogens is 220 g/mol. The zero-order chi connectivity index (χ0) is 12.4. The molecule has 17 heavy (non-hydrogen) atoms. The Morgan fingerprint density at radius 1 is 1.53 bits per heavy atom. The highest BCUT2D eigenvalue weighted by Crippen LogP contribution is 2.37. The summed E-state index contributed by atoms with van der Waals surface area (Å²) in [5.74, 6) is 0.610. The first kappa shape index (κ1) is 12.4. The van der Waals surface area contributed by atoms with E-state index in [4.69, 9.17) is 10.5 Å². The molecule has 0 radical (unpaired) electrons. The van der Waals surface area contributed by atoms with Crippen LogP contribution < -0.4 is 11.1 Å². The van der Waals surface area contributed by atoms with Gasteiger partial charge in [-0.2, -0.15) is 0 Å². The van der Waals surface area contributed by atoms with Crippen LogP contribution in [-0.2, 0) is 14.3 Å². The molecule has 5 nitrogen and oxygen atoms in total. The van der Waals surface area contributed by atoms with E-state index in [0.717, 1.165) is 19.3 Å². The molecule has 0 bridgehead atoms. The number of ether oxygens (including phenoxy) is 1. The van der Waals surface area contributed by atoms with Crippen LogP contribution in [-0.4, -0.2) is 30.6 Å². The smallest absolute Gasteiger partial charge is 0.306 e. The van der Waals surface area contributed by atoms with Crippen LogP contribution in [0.15, 0.2) is 0 Å². The Morgan fingerprint density at radius 2 is 2.29 bits per heavy atom. The molecule has 1 saturated carbocycles. The van der Waals surface area contributed by atoms with Crippen molar-refractivity contribution in [2.45, 2.75) is 44.8 Å². The Morgan fingerprint density at radius 3 is 3.00 bits per heavy atom. The van der Waals surface area contributed by atoms with Gasteiger partial charge in [0.25, 0.3) is 0 Å². The number of hydrogen-bond acceptors (Lipinski definition) is 4. The summed E-state index contributed by atoms with van der Waals surface area (Å²) in [6, 6.07) is 0.102. The maximum Gasteiger partial charge on any atom is 0.306 e. The number of esters is 1. The van der Waals surface area contributed by atoms with Crippen LogP contribution in [0.2, 0.25) is 0 Å². The third kappa shape index (κ3) is 2.77. The van der Waals surface area contributed by atoms with E-state index < -0.39 is 0 Å². The molecule has 1 aliphatic heterocycles. The van der Waals surface area contributed by atoms with E-state index in [1.165, 1.54) is 0 Å². The number of rotatable bonds is 2. The number of amides is 1. The summed E-state index contributed by atoms with van der Waals surface area (Å²) in [7, 11) is 0. The van der Waals surface area contributed by atoms with Gasteiger partial charge in [0.1, 0.15) is 6.10 Å². The van der Waals surface area contributed by atoms with Gasteiger partial charge in [-0.1, -0.05) is 6.92 Å². The zero-order valence-electron chi connectivity index (χ0n) is 10.1. The molecule has 0 aromatic heterocycles. The number of carbonyl (C=O) groups excluding carboxylic acids is 2. The second-order valence-corrected chi connectivity index (χ2v) is 5.16. The highest BCUT2D eigenvalue weighted by Gasteiger charge is 2.40. The van der Waals surface area contributed by atoms with Crippen LogP contribution >= 0.6 is 0 Å². The van der Waals surface area contributed by atoms with Crippen LogP contribution in [0.25, 0.3) is 0 Å². The predicted molar refractivity (Wildman–Crippen MR) is 62.0 cm³/mol. The normalized spacial score (nSPS) is 36.9. The maximum atomic E-state index is 11.4. The molecule has 2 aliphatic rings. The highest BCUT2D eigenvalue weighted by atomic mass is 16.5. The van der Waals surface area contributed by atoms with Crippen molar-refractivity contribution in [2.75, 3.05) is 6.54 Å². The fraction of sp³-hybridized carbons (Fsp3) is 0.833. The summed E-state index contributed by atoms with van der Waals surface area (Å²) in [6.07, 6.45) is 3.19. The first-order chi connectivity index (χ1) is 8.10. The number of fused-ring (bicyclic) bond motifs is 1. The van der Waals surface area contributed by atoms with E-state index in [-0.39, 0.29) is 30.6 Å². The predicted octanol–water partition coefficient (Wildman–Crippen LogP) is 0.182. The maximum absolute atomic E-state index is 11.4. The Kier molecular flexibility index (Phi) is 3.66. The van der Waals surface area contributed by atoms with Gasteiger partial charge < -0.3 is 15.8 Å². The number of carbonyl (C=O) groups is 2. The molecule has 4 atom stereocenters. The molecular formula is C12H20N2O3. The minimum Gasteiger partial charge on any atom is -0.462 e. The monoisotopic (exact) mass is 240 g/mol. The Hall–Kier alpha value is -1.10. The lowest BCUT2D eigenvalue weighted by Crippen LogP contribution is -2.49. The molecule has 3 N–H and O–H groups in total. The summed E-state index contributed by atoms with van der Waals surface area (Å²) in [6.45, 7) is 2.12. The van der Waals surface area contributed by atoms with Gasteiger partial charge in [0.05, 0.1) is 6.54 Å². The largest absolute Gasteiger partial charge is 0.462 e. The van der Waals surface area contributed by atoms with Gasteiger partial charge in [0, 0.05) is 18.9 Å². The van der Waals surface area contributed by atoms with E-state index in [1.807, 2.05) is 0 Å². The topological polar surface area (TPSA) is 81.4 Å². The molecule has 0 aromatic rings. The minimum absolute atomic E-state index is 0.0147. The first-order valence-corrected chi connectivity index (χ1v) is 6.29. The molecule has 0 spiro atoms. The van der Waals surface area contributed by atoms with Crippen LogP contribution in [0.5, 0.6) is 0 Å². The van der Waals surface area contributed by atoms with E-state index in [0.29, 0.717) is 18.3 Å².